The second-order valence-corrected chi connectivity index (χ2v) is 6.02. The Morgan fingerprint density at radius 2 is 2.14 bits per heavy atom. The molecule has 0 aliphatic heterocycles. The van der Waals surface area contributed by atoms with Crippen molar-refractivity contribution >= 4 is 17.7 Å². The predicted molar refractivity (Wildman–Crippen MR) is 81.1 cm³/mol. The minimum absolute atomic E-state index is 0.00715. The van der Waals surface area contributed by atoms with Crippen LogP contribution in [0.4, 0.5) is 0 Å². The standard InChI is InChI=1S/C15H17N3O2S/c1-2-13-16-17-15(21-9-14(19)20)18(13)12-7-6-10-4-3-5-11(10)8-12/h6-8H,2-5,9H2,1H3,(H,19,20). The molecule has 0 spiro atoms. The highest BCUT2D eigenvalue weighted by molar-refractivity contribution is 7.99. The number of fused-ring (bicyclic) bond motifs is 1. The summed E-state index contributed by atoms with van der Waals surface area (Å²) in [6.45, 7) is 2.03. The van der Waals surface area contributed by atoms with E-state index in [9.17, 15) is 4.79 Å². The number of aliphatic carboxylic acids is 1. The Morgan fingerprint density at radius 1 is 1.33 bits per heavy atom. The van der Waals surface area contributed by atoms with E-state index in [0.29, 0.717) is 5.16 Å². The zero-order chi connectivity index (χ0) is 14.8. The van der Waals surface area contributed by atoms with E-state index in [1.807, 2.05) is 11.5 Å². The summed E-state index contributed by atoms with van der Waals surface area (Å²) >= 11 is 1.21. The Balaban J connectivity index is 1.99. The van der Waals surface area contributed by atoms with Crippen molar-refractivity contribution in [3.8, 4) is 5.69 Å². The van der Waals surface area contributed by atoms with Gasteiger partial charge in [-0.1, -0.05) is 24.8 Å². The van der Waals surface area contributed by atoms with Gasteiger partial charge >= 0.3 is 5.97 Å². The van der Waals surface area contributed by atoms with Gasteiger partial charge in [-0.2, -0.15) is 0 Å². The highest BCUT2D eigenvalue weighted by Crippen LogP contribution is 2.27. The molecular formula is C15H17N3O2S. The van der Waals surface area contributed by atoms with Crippen LogP contribution in [0, 0.1) is 0 Å². The van der Waals surface area contributed by atoms with E-state index < -0.39 is 5.97 Å². The van der Waals surface area contributed by atoms with E-state index in [0.717, 1.165) is 30.8 Å². The molecule has 0 saturated heterocycles. The zero-order valence-electron chi connectivity index (χ0n) is 11.9. The molecule has 5 nitrogen and oxygen atoms in total. The van der Waals surface area contributed by atoms with Gasteiger partial charge in [0.15, 0.2) is 5.16 Å². The summed E-state index contributed by atoms with van der Waals surface area (Å²) in [6, 6.07) is 6.44. The SMILES string of the molecule is CCc1nnc(SCC(=O)O)n1-c1ccc2c(c1)CCC2. The van der Waals surface area contributed by atoms with E-state index in [1.54, 1.807) is 0 Å². The smallest absolute Gasteiger partial charge is 0.313 e. The summed E-state index contributed by atoms with van der Waals surface area (Å²) in [7, 11) is 0. The van der Waals surface area contributed by atoms with Crippen molar-refractivity contribution in [2.45, 2.75) is 37.8 Å². The van der Waals surface area contributed by atoms with Gasteiger partial charge in [-0.15, -0.1) is 10.2 Å². The summed E-state index contributed by atoms with van der Waals surface area (Å²) in [5.41, 5.74) is 3.84. The summed E-state index contributed by atoms with van der Waals surface area (Å²) in [5.74, 6) is 0.00895. The van der Waals surface area contributed by atoms with Gasteiger partial charge in [-0.05, 0) is 42.5 Å². The van der Waals surface area contributed by atoms with Crippen LogP contribution in [0.25, 0.3) is 5.69 Å². The van der Waals surface area contributed by atoms with Crippen molar-refractivity contribution in [3.63, 3.8) is 0 Å². The van der Waals surface area contributed by atoms with Crippen LogP contribution in [-0.2, 0) is 24.1 Å². The van der Waals surface area contributed by atoms with Gasteiger partial charge in [0.2, 0.25) is 0 Å². The van der Waals surface area contributed by atoms with E-state index in [1.165, 1.54) is 29.3 Å². The second-order valence-electron chi connectivity index (χ2n) is 5.08. The number of aromatic nitrogens is 3. The number of thioether (sulfide) groups is 1. The molecule has 0 radical (unpaired) electrons. The Morgan fingerprint density at radius 3 is 2.90 bits per heavy atom. The second kappa shape index (κ2) is 5.89. The highest BCUT2D eigenvalue weighted by Gasteiger charge is 2.17. The maximum atomic E-state index is 10.8. The van der Waals surface area contributed by atoms with E-state index in [2.05, 4.69) is 28.4 Å². The van der Waals surface area contributed by atoms with E-state index >= 15 is 0 Å². The zero-order valence-corrected chi connectivity index (χ0v) is 12.7. The van der Waals surface area contributed by atoms with Crippen molar-refractivity contribution in [1.29, 1.82) is 0 Å². The van der Waals surface area contributed by atoms with Crippen LogP contribution in [0.1, 0.15) is 30.3 Å². The van der Waals surface area contributed by atoms with Gasteiger partial charge in [0.25, 0.3) is 0 Å². The van der Waals surface area contributed by atoms with Crippen LogP contribution in [0.2, 0.25) is 0 Å². The molecule has 0 saturated carbocycles. The molecule has 6 heteroatoms. The molecule has 0 bridgehead atoms. The Hall–Kier alpha value is -1.82. The lowest BCUT2D eigenvalue weighted by Gasteiger charge is -2.10. The third kappa shape index (κ3) is 2.81. The molecule has 0 amide bonds. The van der Waals surface area contributed by atoms with Crippen LogP contribution in [-0.4, -0.2) is 31.6 Å². The number of hydrogen-bond acceptors (Lipinski definition) is 4. The number of aryl methyl sites for hydroxylation is 3. The fraction of sp³-hybridized carbons (Fsp3) is 0.400. The number of carbonyl (C=O) groups is 1. The molecular weight excluding hydrogens is 286 g/mol. The van der Waals surface area contributed by atoms with Gasteiger partial charge < -0.3 is 5.11 Å². The maximum absolute atomic E-state index is 10.8. The summed E-state index contributed by atoms with van der Waals surface area (Å²) in [4.78, 5) is 10.8. The van der Waals surface area contributed by atoms with Gasteiger partial charge in [-0.25, -0.2) is 0 Å². The average molecular weight is 303 g/mol. The highest BCUT2D eigenvalue weighted by atomic mass is 32.2. The maximum Gasteiger partial charge on any atom is 0.313 e. The number of rotatable bonds is 5. The van der Waals surface area contributed by atoms with Gasteiger partial charge in [0, 0.05) is 12.1 Å². The van der Waals surface area contributed by atoms with E-state index in [-0.39, 0.29) is 5.75 Å². The number of nitrogens with zero attached hydrogens (tertiary/aromatic N) is 3. The predicted octanol–water partition coefficient (Wildman–Crippen LogP) is 2.50. The summed E-state index contributed by atoms with van der Waals surface area (Å²) in [6.07, 6.45) is 4.24. The molecule has 0 unspecified atom stereocenters. The minimum Gasteiger partial charge on any atom is -0.481 e. The molecule has 110 valence electrons. The lowest BCUT2D eigenvalue weighted by Crippen LogP contribution is -2.05. The van der Waals surface area contributed by atoms with Gasteiger partial charge in [0.1, 0.15) is 5.82 Å². The monoisotopic (exact) mass is 303 g/mol. The fourth-order valence-electron chi connectivity index (χ4n) is 2.71. The van der Waals surface area contributed by atoms with Crippen molar-refractivity contribution < 1.29 is 9.90 Å². The largest absolute Gasteiger partial charge is 0.481 e. The third-order valence-corrected chi connectivity index (χ3v) is 4.60. The number of benzene rings is 1. The summed E-state index contributed by atoms with van der Waals surface area (Å²) in [5, 5.41) is 17.8. The third-order valence-electron chi connectivity index (χ3n) is 3.68. The molecule has 1 aromatic heterocycles. The number of carboxylic acid groups (broad SMARTS) is 1. The Labute approximate surface area is 127 Å². The molecule has 3 rings (SSSR count). The van der Waals surface area contributed by atoms with Crippen molar-refractivity contribution in [3.05, 3.63) is 35.2 Å². The lowest BCUT2D eigenvalue weighted by molar-refractivity contribution is -0.133. The molecule has 0 fully saturated rings. The first-order chi connectivity index (χ1) is 10.2. The molecule has 0 atom stereocenters. The topological polar surface area (TPSA) is 68.0 Å². The number of hydrogen-bond donors (Lipinski definition) is 1. The Bertz CT molecular complexity index is 682. The van der Waals surface area contributed by atoms with Crippen LogP contribution < -0.4 is 0 Å². The lowest BCUT2D eigenvalue weighted by atomic mass is 10.1. The van der Waals surface area contributed by atoms with Crippen molar-refractivity contribution in [1.82, 2.24) is 14.8 Å². The normalized spacial score (nSPS) is 13.4. The first-order valence-corrected chi connectivity index (χ1v) is 8.08. The molecule has 1 aliphatic carbocycles. The van der Waals surface area contributed by atoms with Crippen LogP contribution in [0.3, 0.4) is 0 Å². The number of carboxylic acids is 1. The van der Waals surface area contributed by atoms with Crippen molar-refractivity contribution in [2.75, 3.05) is 5.75 Å². The first-order valence-electron chi connectivity index (χ1n) is 7.10. The molecule has 1 aromatic carbocycles. The molecule has 1 heterocycles. The van der Waals surface area contributed by atoms with Crippen molar-refractivity contribution in [2.24, 2.45) is 0 Å². The van der Waals surface area contributed by atoms with E-state index in [4.69, 9.17) is 5.11 Å². The molecule has 1 N–H and O–H groups in total. The first kappa shape index (κ1) is 14.1. The molecule has 21 heavy (non-hydrogen) atoms. The molecule has 1 aliphatic rings. The van der Waals surface area contributed by atoms with Crippen LogP contribution >= 0.6 is 11.8 Å². The summed E-state index contributed by atoms with van der Waals surface area (Å²) < 4.78 is 1.98. The Kier molecular flexibility index (Phi) is 3.96. The fourth-order valence-corrected chi connectivity index (χ4v) is 3.40. The van der Waals surface area contributed by atoms with Crippen LogP contribution in [0.15, 0.2) is 23.4 Å². The molecule has 2 aromatic rings. The van der Waals surface area contributed by atoms with Gasteiger partial charge in [-0.3, -0.25) is 9.36 Å². The quantitative estimate of drug-likeness (QED) is 0.860. The van der Waals surface area contributed by atoms with Crippen LogP contribution in [0.5, 0.6) is 0 Å². The average Bonchev–Trinajstić information content (AvgIpc) is 3.10. The minimum atomic E-state index is -0.846. The van der Waals surface area contributed by atoms with Gasteiger partial charge in [0.05, 0.1) is 5.75 Å².